The van der Waals surface area contributed by atoms with Crippen molar-refractivity contribution in [2.24, 2.45) is 0 Å². The van der Waals surface area contributed by atoms with E-state index in [1.165, 1.54) is 0 Å². The molecule has 0 radical (unpaired) electrons. The van der Waals surface area contributed by atoms with Gasteiger partial charge in [0.05, 0.1) is 51.4 Å². The second kappa shape index (κ2) is 13.1. The van der Waals surface area contributed by atoms with Crippen LogP contribution in [0.5, 0.6) is 0 Å². The highest BCUT2D eigenvalue weighted by Crippen LogP contribution is 2.39. The van der Waals surface area contributed by atoms with Crippen molar-refractivity contribution in [1.29, 1.82) is 0 Å². The van der Waals surface area contributed by atoms with E-state index in [-0.39, 0.29) is 30.9 Å². The molecule has 5 atom stereocenters. The van der Waals surface area contributed by atoms with E-state index in [2.05, 4.69) is 0 Å². The minimum atomic E-state index is -3.58. The molecule has 5 rings (SSSR count). The van der Waals surface area contributed by atoms with Crippen molar-refractivity contribution < 1.29 is 31.6 Å². The molecular weight excluding hydrogens is 518 g/mol. The molecule has 0 aliphatic carbocycles. The zero-order chi connectivity index (χ0) is 27.1. The number of hydrogen-bond acceptors (Lipinski definition) is 8. The van der Waals surface area contributed by atoms with Crippen molar-refractivity contribution in [1.82, 2.24) is 5.06 Å². The zero-order valence-corrected chi connectivity index (χ0v) is 22.8. The van der Waals surface area contributed by atoms with E-state index in [1.807, 2.05) is 96.1 Å². The third-order valence-corrected chi connectivity index (χ3v) is 7.51. The molecule has 208 valence electrons. The van der Waals surface area contributed by atoms with Crippen LogP contribution in [0.3, 0.4) is 0 Å². The maximum atomic E-state index is 11.6. The SMILES string of the molecule is CS(=O)(=O)OC[C@@H]1C[C@H]2[C@H](OCc3ccccc3)[C@@H](OCc3ccccc3)[C@H](COCc3ccccc3)N2O1. The summed E-state index contributed by atoms with van der Waals surface area (Å²) in [6.07, 6.45) is 0.533. The summed E-state index contributed by atoms with van der Waals surface area (Å²) in [6, 6.07) is 29.6. The van der Waals surface area contributed by atoms with Gasteiger partial charge in [0.15, 0.2) is 0 Å². The highest BCUT2D eigenvalue weighted by Gasteiger charge is 2.56. The first-order valence-electron chi connectivity index (χ1n) is 13.2. The molecule has 2 aliphatic heterocycles. The molecule has 3 aromatic rings. The Morgan fingerprint density at radius 1 is 0.744 bits per heavy atom. The first-order valence-corrected chi connectivity index (χ1v) is 15.0. The van der Waals surface area contributed by atoms with Crippen LogP contribution in [0.15, 0.2) is 91.0 Å². The number of rotatable bonds is 13. The molecule has 2 aliphatic rings. The van der Waals surface area contributed by atoms with Crippen LogP contribution in [0.2, 0.25) is 0 Å². The summed E-state index contributed by atoms with van der Waals surface area (Å²) in [5, 5.41) is 1.90. The minimum absolute atomic E-state index is 0.0512. The van der Waals surface area contributed by atoms with Crippen LogP contribution in [0.1, 0.15) is 23.1 Å². The fourth-order valence-corrected chi connectivity index (χ4v) is 5.53. The van der Waals surface area contributed by atoms with Crippen molar-refractivity contribution in [3.05, 3.63) is 108 Å². The number of hydroxylamine groups is 2. The van der Waals surface area contributed by atoms with Crippen LogP contribution in [0.4, 0.5) is 0 Å². The zero-order valence-electron chi connectivity index (χ0n) is 22.0. The van der Waals surface area contributed by atoms with Gasteiger partial charge in [-0.15, -0.1) is 0 Å². The quantitative estimate of drug-likeness (QED) is 0.293. The molecule has 0 saturated carbocycles. The van der Waals surface area contributed by atoms with Crippen molar-refractivity contribution in [2.75, 3.05) is 19.5 Å². The molecule has 0 N–H and O–H groups in total. The van der Waals surface area contributed by atoms with E-state index in [1.54, 1.807) is 0 Å². The number of fused-ring (bicyclic) bond motifs is 1. The van der Waals surface area contributed by atoms with E-state index in [0.717, 1.165) is 22.9 Å². The Morgan fingerprint density at radius 2 is 1.26 bits per heavy atom. The highest BCUT2D eigenvalue weighted by molar-refractivity contribution is 7.85. The average Bonchev–Trinajstić information content (AvgIpc) is 3.48. The molecule has 0 bridgehead atoms. The molecule has 2 saturated heterocycles. The lowest BCUT2D eigenvalue weighted by atomic mass is 10.0. The Kier molecular flexibility index (Phi) is 9.41. The van der Waals surface area contributed by atoms with Gasteiger partial charge in [-0.3, -0.25) is 9.02 Å². The lowest BCUT2D eigenvalue weighted by Crippen LogP contribution is -2.42. The Bertz CT molecular complexity index is 1260. The van der Waals surface area contributed by atoms with Crippen molar-refractivity contribution in [2.45, 2.75) is 56.6 Å². The van der Waals surface area contributed by atoms with Crippen molar-refractivity contribution in [3.8, 4) is 0 Å². The standard InChI is InChI=1S/C30H35NO7S/c1-39(32,33)37-21-26-17-27-29(35-19-24-13-7-3-8-14-24)30(36-20-25-15-9-4-10-16-25)28(31(27)38-26)22-34-18-23-11-5-2-6-12-23/h2-16,26-30H,17-22H2,1H3/t26-,27-,28-,29-,30-/m0/s1. The van der Waals surface area contributed by atoms with Gasteiger partial charge in [-0.1, -0.05) is 91.0 Å². The fraction of sp³-hybridized carbons (Fsp3) is 0.400. The Morgan fingerprint density at radius 3 is 1.79 bits per heavy atom. The summed E-state index contributed by atoms with van der Waals surface area (Å²) in [5.41, 5.74) is 3.20. The van der Waals surface area contributed by atoms with Crippen LogP contribution in [-0.2, 0) is 53.2 Å². The molecule has 0 amide bonds. The molecular formula is C30H35NO7S. The molecule has 3 aromatic carbocycles. The van der Waals surface area contributed by atoms with Gasteiger partial charge in [-0.2, -0.15) is 13.5 Å². The summed E-state index contributed by atoms with van der Waals surface area (Å²) < 4.78 is 47.5. The Labute approximate surface area is 230 Å². The summed E-state index contributed by atoms with van der Waals surface area (Å²) in [7, 11) is -3.58. The van der Waals surface area contributed by atoms with E-state index < -0.39 is 16.2 Å². The van der Waals surface area contributed by atoms with Crippen LogP contribution in [0, 0.1) is 0 Å². The lowest BCUT2D eigenvalue weighted by molar-refractivity contribution is -0.200. The van der Waals surface area contributed by atoms with Gasteiger partial charge in [-0.05, 0) is 23.1 Å². The number of nitrogens with zero attached hydrogens (tertiary/aromatic N) is 1. The van der Waals surface area contributed by atoms with Gasteiger partial charge >= 0.3 is 0 Å². The predicted octanol–water partition coefficient (Wildman–Crippen LogP) is 4.11. The van der Waals surface area contributed by atoms with Gasteiger partial charge in [-0.25, -0.2) is 0 Å². The molecule has 0 spiro atoms. The fourth-order valence-electron chi connectivity index (χ4n) is 5.14. The topological polar surface area (TPSA) is 83.5 Å². The molecule has 2 heterocycles. The number of ether oxygens (including phenoxy) is 3. The van der Waals surface area contributed by atoms with Crippen LogP contribution < -0.4 is 0 Å². The molecule has 9 heteroatoms. The normalized spacial score (nSPS) is 25.1. The largest absolute Gasteiger partial charge is 0.375 e. The Balaban J connectivity index is 1.35. The molecule has 2 fully saturated rings. The monoisotopic (exact) mass is 553 g/mol. The molecule has 0 aromatic heterocycles. The lowest BCUT2D eigenvalue weighted by Gasteiger charge is -2.28. The van der Waals surface area contributed by atoms with E-state index in [0.29, 0.717) is 32.8 Å². The molecule has 0 unspecified atom stereocenters. The maximum Gasteiger partial charge on any atom is 0.264 e. The molecule has 39 heavy (non-hydrogen) atoms. The smallest absolute Gasteiger partial charge is 0.264 e. The maximum absolute atomic E-state index is 11.6. The number of hydrogen-bond donors (Lipinski definition) is 0. The van der Waals surface area contributed by atoms with E-state index in [4.69, 9.17) is 23.2 Å². The third-order valence-electron chi connectivity index (χ3n) is 6.95. The van der Waals surface area contributed by atoms with Gasteiger partial charge in [0.2, 0.25) is 0 Å². The summed E-state index contributed by atoms with van der Waals surface area (Å²) in [4.78, 5) is 6.26. The second-order valence-electron chi connectivity index (χ2n) is 9.97. The Hall–Kier alpha value is -2.63. The van der Waals surface area contributed by atoms with E-state index in [9.17, 15) is 8.42 Å². The summed E-state index contributed by atoms with van der Waals surface area (Å²) in [5.74, 6) is 0. The average molecular weight is 554 g/mol. The van der Waals surface area contributed by atoms with Crippen LogP contribution >= 0.6 is 0 Å². The van der Waals surface area contributed by atoms with Gasteiger partial charge in [0, 0.05) is 0 Å². The van der Waals surface area contributed by atoms with Crippen molar-refractivity contribution in [3.63, 3.8) is 0 Å². The van der Waals surface area contributed by atoms with Gasteiger partial charge in [0.1, 0.15) is 18.3 Å². The van der Waals surface area contributed by atoms with E-state index >= 15 is 0 Å². The third kappa shape index (κ3) is 7.73. The van der Waals surface area contributed by atoms with Gasteiger partial charge < -0.3 is 14.2 Å². The van der Waals surface area contributed by atoms with Crippen LogP contribution in [-0.4, -0.2) is 63.3 Å². The second-order valence-corrected chi connectivity index (χ2v) is 11.6. The predicted molar refractivity (Wildman–Crippen MR) is 146 cm³/mol. The number of benzene rings is 3. The summed E-state index contributed by atoms with van der Waals surface area (Å²) in [6.45, 7) is 1.60. The summed E-state index contributed by atoms with van der Waals surface area (Å²) >= 11 is 0. The first kappa shape index (κ1) is 27.9. The first-order chi connectivity index (χ1) is 19.0. The van der Waals surface area contributed by atoms with Crippen molar-refractivity contribution >= 4 is 10.1 Å². The van der Waals surface area contributed by atoms with Crippen LogP contribution in [0.25, 0.3) is 0 Å². The molecule has 8 nitrogen and oxygen atoms in total. The van der Waals surface area contributed by atoms with Gasteiger partial charge in [0.25, 0.3) is 10.1 Å². The minimum Gasteiger partial charge on any atom is -0.375 e. The highest BCUT2D eigenvalue weighted by atomic mass is 32.2.